The van der Waals surface area contributed by atoms with Crippen LogP contribution in [0.2, 0.25) is 5.02 Å². The van der Waals surface area contributed by atoms with Crippen LogP contribution in [0, 0.1) is 13.8 Å². The van der Waals surface area contributed by atoms with Gasteiger partial charge in [-0.3, -0.25) is 4.79 Å². The van der Waals surface area contributed by atoms with Crippen molar-refractivity contribution in [3.8, 4) is 0 Å². The van der Waals surface area contributed by atoms with Gasteiger partial charge in [0.1, 0.15) is 0 Å². The zero-order valence-corrected chi connectivity index (χ0v) is 9.50. The summed E-state index contributed by atoms with van der Waals surface area (Å²) in [6, 6.07) is 5.45. The molecule has 0 atom stereocenters. The minimum Gasteiger partial charge on any atom is -0.289 e. The van der Waals surface area contributed by atoms with Crippen molar-refractivity contribution in [3.05, 3.63) is 43.9 Å². The van der Waals surface area contributed by atoms with E-state index in [4.69, 9.17) is 11.6 Å². The lowest BCUT2D eigenvalue weighted by molar-refractivity contribution is 1.38. The molecule has 14 heavy (non-hydrogen) atoms. The molecule has 3 heteroatoms. The van der Waals surface area contributed by atoms with Crippen LogP contribution in [0.4, 0.5) is 0 Å². The maximum Gasteiger partial charge on any atom is 0.191 e. The van der Waals surface area contributed by atoms with Crippen LogP contribution in [0.25, 0.3) is 10.1 Å². The first-order chi connectivity index (χ1) is 6.61. The fraction of sp³-hybridized carbons (Fsp3) is 0.182. The van der Waals surface area contributed by atoms with Crippen LogP contribution in [0.15, 0.2) is 23.0 Å². The van der Waals surface area contributed by atoms with Crippen LogP contribution >= 0.6 is 22.9 Å². The SMILES string of the molecule is Cc1sc2c(Cl)cccc2c(=O)c1C. The second-order valence-corrected chi connectivity index (χ2v) is 4.86. The van der Waals surface area contributed by atoms with Crippen LogP contribution in [0.1, 0.15) is 10.4 Å². The number of rotatable bonds is 0. The van der Waals surface area contributed by atoms with Crippen molar-refractivity contribution in [2.75, 3.05) is 0 Å². The van der Waals surface area contributed by atoms with Crippen molar-refractivity contribution >= 4 is 33.0 Å². The van der Waals surface area contributed by atoms with Gasteiger partial charge in [0.25, 0.3) is 0 Å². The second kappa shape index (κ2) is 3.37. The highest BCUT2D eigenvalue weighted by atomic mass is 35.5. The molecule has 0 aliphatic heterocycles. The van der Waals surface area contributed by atoms with Crippen molar-refractivity contribution in [2.45, 2.75) is 13.8 Å². The Balaban J connectivity index is 3.06. The first-order valence-electron chi connectivity index (χ1n) is 4.30. The van der Waals surface area contributed by atoms with Gasteiger partial charge in [0.05, 0.1) is 9.72 Å². The van der Waals surface area contributed by atoms with E-state index in [2.05, 4.69) is 0 Å². The second-order valence-electron chi connectivity index (χ2n) is 3.23. The van der Waals surface area contributed by atoms with Gasteiger partial charge in [0.2, 0.25) is 0 Å². The highest BCUT2D eigenvalue weighted by Gasteiger charge is 2.07. The van der Waals surface area contributed by atoms with Crippen LogP contribution in [-0.2, 0) is 0 Å². The number of hydrogen-bond donors (Lipinski definition) is 0. The summed E-state index contributed by atoms with van der Waals surface area (Å²) in [5.74, 6) is 0. The third-order valence-corrected chi connectivity index (χ3v) is 4.02. The van der Waals surface area contributed by atoms with Crippen LogP contribution in [0.3, 0.4) is 0 Å². The van der Waals surface area contributed by atoms with Crippen LogP contribution < -0.4 is 5.43 Å². The van der Waals surface area contributed by atoms with E-state index in [1.165, 1.54) is 0 Å². The topological polar surface area (TPSA) is 17.1 Å². The Bertz CT molecular complexity index is 557. The van der Waals surface area contributed by atoms with E-state index in [1.807, 2.05) is 32.0 Å². The Labute approximate surface area is 91.0 Å². The summed E-state index contributed by atoms with van der Waals surface area (Å²) in [5.41, 5.74) is 0.920. The van der Waals surface area contributed by atoms with E-state index in [1.54, 1.807) is 11.3 Å². The summed E-state index contributed by atoms with van der Waals surface area (Å²) < 4.78 is 0.891. The number of aryl methyl sites for hydroxylation is 1. The zero-order chi connectivity index (χ0) is 10.3. The maximum absolute atomic E-state index is 11.8. The Kier molecular flexibility index (Phi) is 2.33. The van der Waals surface area contributed by atoms with E-state index >= 15 is 0 Å². The van der Waals surface area contributed by atoms with Gasteiger partial charge in [-0.25, -0.2) is 0 Å². The first-order valence-corrected chi connectivity index (χ1v) is 5.49. The monoisotopic (exact) mass is 224 g/mol. The zero-order valence-electron chi connectivity index (χ0n) is 7.93. The van der Waals surface area contributed by atoms with Gasteiger partial charge in [0.15, 0.2) is 5.43 Å². The van der Waals surface area contributed by atoms with Crippen molar-refractivity contribution < 1.29 is 0 Å². The molecule has 1 aromatic heterocycles. The number of halogens is 1. The van der Waals surface area contributed by atoms with Gasteiger partial charge >= 0.3 is 0 Å². The molecule has 0 unspecified atom stereocenters. The van der Waals surface area contributed by atoms with E-state index in [0.717, 1.165) is 20.5 Å². The Hall–Kier alpha value is -0.860. The molecule has 0 amide bonds. The normalized spacial score (nSPS) is 10.8. The average Bonchev–Trinajstić information content (AvgIpc) is 2.17. The van der Waals surface area contributed by atoms with E-state index < -0.39 is 0 Å². The standard InChI is InChI=1S/C11H9ClOS/c1-6-7(2)14-11-8(10(6)13)4-3-5-9(11)12/h3-5H,1-2H3. The lowest BCUT2D eigenvalue weighted by atomic mass is 10.2. The first kappa shape index (κ1) is 9.69. The van der Waals surface area contributed by atoms with Gasteiger partial charge in [0, 0.05) is 15.8 Å². The summed E-state index contributed by atoms with van der Waals surface area (Å²) in [6.07, 6.45) is 0. The fourth-order valence-electron chi connectivity index (χ4n) is 1.38. The number of benzene rings is 1. The summed E-state index contributed by atoms with van der Waals surface area (Å²) in [6.45, 7) is 3.80. The molecular weight excluding hydrogens is 216 g/mol. The third kappa shape index (κ3) is 1.35. The molecular formula is C11H9ClOS. The molecule has 2 aromatic rings. The van der Waals surface area contributed by atoms with Crippen LogP contribution in [-0.4, -0.2) is 0 Å². The Morgan fingerprint density at radius 2 is 2.00 bits per heavy atom. The van der Waals surface area contributed by atoms with E-state index in [9.17, 15) is 4.79 Å². The predicted octanol–water partition coefficient (Wildman–Crippen LogP) is 3.53. The maximum atomic E-state index is 11.8. The molecule has 1 nitrogen and oxygen atoms in total. The smallest absolute Gasteiger partial charge is 0.191 e. The molecule has 72 valence electrons. The molecule has 0 fully saturated rings. The summed E-state index contributed by atoms with van der Waals surface area (Å²) in [4.78, 5) is 12.9. The summed E-state index contributed by atoms with van der Waals surface area (Å²) in [7, 11) is 0. The molecule has 1 heterocycles. The average molecular weight is 225 g/mol. The van der Waals surface area contributed by atoms with Crippen molar-refractivity contribution in [2.24, 2.45) is 0 Å². The minimum absolute atomic E-state index is 0.0961. The summed E-state index contributed by atoms with van der Waals surface area (Å²) >= 11 is 7.60. The summed E-state index contributed by atoms with van der Waals surface area (Å²) in [5, 5.41) is 1.39. The highest BCUT2D eigenvalue weighted by molar-refractivity contribution is 7.19. The predicted molar refractivity (Wildman–Crippen MR) is 62.6 cm³/mol. The molecule has 2 rings (SSSR count). The van der Waals surface area contributed by atoms with Gasteiger partial charge in [-0.15, -0.1) is 11.3 Å². The van der Waals surface area contributed by atoms with Crippen molar-refractivity contribution in [3.63, 3.8) is 0 Å². The van der Waals surface area contributed by atoms with Gasteiger partial charge in [-0.1, -0.05) is 17.7 Å². The van der Waals surface area contributed by atoms with Crippen LogP contribution in [0.5, 0.6) is 0 Å². The third-order valence-electron chi connectivity index (χ3n) is 2.34. The molecule has 0 aliphatic rings. The Morgan fingerprint density at radius 3 is 2.71 bits per heavy atom. The molecule has 0 N–H and O–H groups in total. The van der Waals surface area contributed by atoms with Gasteiger partial charge < -0.3 is 0 Å². The lowest BCUT2D eigenvalue weighted by Gasteiger charge is -2.02. The molecule has 1 aromatic carbocycles. The molecule has 0 spiro atoms. The molecule has 0 bridgehead atoms. The van der Waals surface area contributed by atoms with E-state index in [0.29, 0.717) is 5.02 Å². The number of fused-ring (bicyclic) bond motifs is 1. The minimum atomic E-state index is 0.0961. The molecule has 0 radical (unpaired) electrons. The quantitative estimate of drug-likeness (QED) is 0.669. The highest BCUT2D eigenvalue weighted by Crippen LogP contribution is 2.27. The van der Waals surface area contributed by atoms with Crippen molar-refractivity contribution in [1.29, 1.82) is 0 Å². The van der Waals surface area contributed by atoms with E-state index in [-0.39, 0.29) is 5.43 Å². The lowest BCUT2D eigenvalue weighted by Crippen LogP contribution is -2.05. The molecule has 0 saturated carbocycles. The van der Waals surface area contributed by atoms with Crippen molar-refractivity contribution in [1.82, 2.24) is 0 Å². The number of hydrogen-bond acceptors (Lipinski definition) is 2. The fourth-order valence-corrected chi connectivity index (χ4v) is 2.66. The molecule has 0 saturated heterocycles. The van der Waals surface area contributed by atoms with Gasteiger partial charge in [-0.2, -0.15) is 0 Å². The molecule has 0 aliphatic carbocycles. The Morgan fingerprint density at radius 1 is 1.29 bits per heavy atom. The largest absolute Gasteiger partial charge is 0.289 e. The van der Waals surface area contributed by atoms with Gasteiger partial charge in [-0.05, 0) is 26.0 Å².